The zero-order chi connectivity index (χ0) is 18.5. The second-order valence-corrected chi connectivity index (χ2v) is 7.25. The summed E-state index contributed by atoms with van der Waals surface area (Å²) in [6.07, 6.45) is 0. The maximum absolute atomic E-state index is 12.3. The Morgan fingerprint density at radius 1 is 1.04 bits per heavy atom. The topological polar surface area (TPSA) is 76.7 Å². The Labute approximate surface area is 156 Å². The molecule has 1 aliphatic rings. The van der Waals surface area contributed by atoms with Crippen LogP contribution in [-0.2, 0) is 9.59 Å². The highest BCUT2D eigenvalue weighted by atomic mass is 32.2. The van der Waals surface area contributed by atoms with Crippen molar-refractivity contribution in [2.75, 3.05) is 23.2 Å². The third kappa shape index (κ3) is 4.70. The largest absolute Gasteiger partial charge is 0.454 e. The van der Waals surface area contributed by atoms with Crippen LogP contribution >= 0.6 is 11.8 Å². The number of fused-ring (bicyclic) bond motifs is 1. The predicted octanol–water partition coefficient (Wildman–Crippen LogP) is 3.42. The van der Waals surface area contributed by atoms with E-state index in [-0.39, 0.29) is 29.6 Å². The van der Waals surface area contributed by atoms with E-state index in [1.807, 2.05) is 31.2 Å². The molecule has 1 heterocycles. The van der Waals surface area contributed by atoms with E-state index >= 15 is 0 Å². The van der Waals surface area contributed by atoms with E-state index in [2.05, 4.69) is 10.6 Å². The summed E-state index contributed by atoms with van der Waals surface area (Å²) >= 11 is 1.28. The molecule has 136 valence electrons. The van der Waals surface area contributed by atoms with Crippen molar-refractivity contribution >= 4 is 35.0 Å². The average Bonchev–Trinajstić information content (AvgIpc) is 3.09. The predicted molar refractivity (Wildman–Crippen MR) is 103 cm³/mol. The summed E-state index contributed by atoms with van der Waals surface area (Å²) < 4.78 is 10.5. The molecule has 2 N–H and O–H groups in total. The molecule has 1 aliphatic heterocycles. The molecule has 0 unspecified atom stereocenters. The number of aryl methyl sites for hydroxylation is 1. The Balaban J connectivity index is 1.46. The number of benzene rings is 2. The lowest BCUT2D eigenvalue weighted by atomic mass is 10.2. The van der Waals surface area contributed by atoms with Crippen LogP contribution in [0.15, 0.2) is 42.5 Å². The van der Waals surface area contributed by atoms with Crippen LogP contribution < -0.4 is 20.1 Å². The van der Waals surface area contributed by atoms with Gasteiger partial charge in [-0.15, -0.1) is 11.8 Å². The summed E-state index contributed by atoms with van der Waals surface area (Å²) in [6.45, 7) is 3.95. The molecule has 0 bridgehead atoms. The van der Waals surface area contributed by atoms with Crippen molar-refractivity contribution in [1.29, 1.82) is 0 Å². The molecule has 3 rings (SSSR count). The summed E-state index contributed by atoms with van der Waals surface area (Å²) in [5.41, 5.74) is 2.51. The molecule has 0 saturated heterocycles. The number of ether oxygens (including phenoxy) is 2. The van der Waals surface area contributed by atoms with E-state index in [1.165, 1.54) is 11.8 Å². The van der Waals surface area contributed by atoms with Gasteiger partial charge >= 0.3 is 0 Å². The summed E-state index contributed by atoms with van der Waals surface area (Å²) in [4.78, 5) is 24.3. The van der Waals surface area contributed by atoms with E-state index in [9.17, 15) is 9.59 Å². The SMILES string of the molecule is Cc1ccc(NC(=O)CS[C@H](C)C(=O)Nc2ccc3c(c2)OCO3)cc1. The molecule has 0 spiro atoms. The van der Waals surface area contributed by atoms with E-state index in [1.54, 1.807) is 25.1 Å². The van der Waals surface area contributed by atoms with Crippen LogP contribution in [0, 0.1) is 6.92 Å². The van der Waals surface area contributed by atoms with Gasteiger partial charge in [-0.05, 0) is 38.1 Å². The number of hydrogen-bond donors (Lipinski definition) is 2. The van der Waals surface area contributed by atoms with Crippen molar-refractivity contribution in [2.24, 2.45) is 0 Å². The smallest absolute Gasteiger partial charge is 0.237 e. The normalized spacial score (nSPS) is 13.2. The molecule has 7 heteroatoms. The van der Waals surface area contributed by atoms with Crippen LogP contribution in [0.25, 0.3) is 0 Å². The Bertz CT molecular complexity index is 808. The van der Waals surface area contributed by atoms with Crippen LogP contribution in [-0.4, -0.2) is 29.6 Å². The number of rotatable bonds is 6. The molecule has 0 saturated carbocycles. The summed E-state index contributed by atoms with van der Waals surface area (Å²) in [6, 6.07) is 12.8. The summed E-state index contributed by atoms with van der Waals surface area (Å²) in [5.74, 6) is 1.17. The second kappa shape index (κ2) is 8.14. The van der Waals surface area contributed by atoms with Gasteiger partial charge in [0.1, 0.15) is 0 Å². The van der Waals surface area contributed by atoms with Crippen LogP contribution in [0.1, 0.15) is 12.5 Å². The number of amides is 2. The fourth-order valence-corrected chi connectivity index (χ4v) is 3.01. The van der Waals surface area contributed by atoms with Crippen molar-refractivity contribution in [2.45, 2.75) is 19.1 Å². The van der Waals surface area contributed by atoms with Crippen LogP contribution in [0.5, 0.6) is 11.5 Å². The number of thioether (sulfide) groups is 1. The van der Waals surface area contributed by atoms with Crippen molar-refractivity contribution < 1.29 is 19.1 Å². The fraction of sp³-hybridized carbons (Fsp3) is 0.263. The van der Waals surface area contributed by atoms with Crippen molar-refractivity contribution in [3.8, 4) is 11.5 Å². The van der Waals surface area contributed by atoms with E-state index in [4.69, 9.17) is 9.47 Å². The lowest BCUT2D eigenvalue weighted by molar-refractivity contribution is -0.115. The zero-order valence-corrected chi connectivity index (χ0v) is 15.4. The van der Waals surface area contributed by atoms with E-state index < -0.39 is 0 Å². The molecule has 6 nitrogen and oxygen atoms in total. The summed E-state index contributed by atoms with van der Waals surface area (Å²) in [7, 11) is 0. The minimum atomic E-state index is -0.371. The van der Waals surface area contributed by atoms with Gasteiger partial charge in [-0.3, -0.25) is 9.59 Å². The van der Waals surface area contributed by atoms with Crippen molar-refractivity contribution in [1.82, 2.24) is 0 Å². The molecule has 26 heavy (non-hydrogen) atoms. The van der Waals surface area contributed by atoms with Gasteiger partial charge in [0.05, 0.1) is 11.0 Å². The van der Waals surface area contributed by atoms with Gasteiger partial charge in [0, 0.05) is 17.4 Å². The monoisotopic (exact) mass is 372 g/mol. The lowest BCUT2D eigenvalue weighted by Gasteiger charge is -2.12. The average molecular weight is 372 g/mol. The molecule has 2 aromatic carbocycles. The third-order valence-corrected chi connectivity index (χ3v) is 4.95. The lowest BCUT2D eigenvalue weighted by Crippen LogP contribution is -2.25. The van der Waals surface area contributed by atoms with Gasteiger partial charge < -0.3 is 20.1 Å². The second-order valence-electron chi connectivity index (χ2n) is 5.92. The summed E-state index contributed by atoms with van der Waals surface area (Å²) in [5, 5.41) is 5.27. The van der Waals surface area contributed by atoms with Gasteiger partial charge in [-0.2, -0.15) is 0 Å². The van der Waals surface area contributed by atoms with Crippen molar-refractivity contribution in [3.05, 3.63) is 48.0 Å². The highest BCUT2D eigenvalue weighted by Gasteiger charge is 2.18. The Hall–Kier alpha value is -2.67. The number of carbonyl (C=O) groups excluding carboxylic acids is 2. The maximum atomic E-state index is 12.3. The highest BCUT2D eigenvalue weighted by Crippen LogP contribution is 2.34. The van der Waals surface area contributed by atoms with Gasteiger partial charge in [0.15, 0.2) is 11.5 Å². The molecule has 0 fully saturated rings. The Kier molecular flexibility index (Phi) is 5.68. The first-order valence-electron chi connectivity index (χ1n) is 8.20. The van der Waals surface area contributed by atoms with Gasteiger partial charge in [0.2, 0.25) is 18.6 Å². The maximum Gasteiger partial charge on any atom is 0.237 e. The molecule has 0 aliphatic carbocycles. The molecule has 0 aromatic heterocycles. The number of anilines is 2. The Morgan fingerprint density at radius 3 is 2.50 bits per heavy atom. The van der Waals surface area contributed by atoms with E-state index in [0.29, 0.717) is 17.2 Å². The zero-order valence-electron chi connectivity index (χ0n) is 14.6. The van der Waals surface area contributed by atoms with Crippen LogP contribution in [0.4, 0.5) is 11.4 Å². The highest BCUT2D eigenvalue weighted by molar-refractivity contribution is 8.01. The molecule has 0 radical (unpaired) electrons. The first-order chi connectivity index (χ1) is 12.5. The molecular weight excluding hydrogens is 352 g/mol. The first kappa shape index (κ1) is 18.1. The standard InChI is InChI=1S/C19H20N2O4S/c1-12-3-5-14(6-4-12)20-18(22)10-26-13(2)19(23)21-15-7-8-16-17(9-15)25-11-24-16/h3-9,13H,10-11H2,1-2H3,(H,20,22)(H,21,23)/t13-/m1/s1. The third-order valence-electron chi connectivity index (χ3n) is 3.81. The number of nitrogens with one attached hydrogen (secondary N) is 2. The van der Waals surface area contributed by atoms with Gasteiger partial charge in [0.25, 0.3) is 0 Å². The number of carbonyl (C=O) groups is 2. The minimum Gasteiger partial charge on any atom is -0.454 e. The molecule has 1 atom stereocenters. The molecule has 2 amide bonds. The first-order valence-corrected chi connectivity index (χ1v) is 9.25. The fourth-order valence-electron chi connectivity index (χ4n) is 2.33. The Morgan fingerprint density at radius 2 is 1.73 bits per heavy atom. The number of hydrogen-bond acceptors (Lipinski definition) is 5. The quantitative estimate of drug-likeness (QED) is 0.812. The van der Waals surface area contributed by atoms with E-state index in [0.717, 1.165) is 11.3 Å². The minimum absolute atomic E-state index is 0.137. The molecule has 2 aromatic rings. The van der Waals surface area contributed by atoms with Gasteiger partial charge in [-0.1, -0.05) is 17.7 Å². The van der Waals surface area contributed by atoms with Gasteiger partial charge in [-0.25, -0.2) is 0 Å². The molecular formula is C19H20N2O4S. The van der Waals surface area contributed by atoms with Crippen LogP contribution in [0.2, 0.25) is 0 Å². The van der Waals surface area contributed by atoms with Crippen LogP contribution in [0.3, 0.4) is 0 Å². The van der Waals surface area contributed by atoms with Crippen molar-refractivity contribution in [3.63, 3.8) is 0 Å².